The molecule has 0 saturated carbocycles. The molecule has 6 nitrogen and oxygen atoms in total. The van der Waals surface area contributed by atoms with Gasteiger partial charge in [-0.05, 0) is 36.8 Å². The normalized spacial score (nSPS) is 14.7. The molecule has 1 amide bonds. The SMILES string of the molecule is COc1ccc2nc(N(CCCN3CCOCC3)C(=O)c3ccc(F)cc3F)sc2c1. The van der Waals surface area contributed by atoms with Crippen molar-refractivity contribution in [3.05, 3.63) is 53.6 Å². The fourth-order valence-electron chi connectivity index (χ4n) is 3.50. The summed E-state index contributed by atoms with van der Waals surface area (Å²) in [6, 6.07) is 8.47. The first-order valence-corrected chi connectivity index (χ1v) is 10.9. The van der Waals surface area contributed by atoms with Gasteiger partial charge in [-0.2, -0.15) is 0 Å². The van der Waals surface area contributed by atoms with Gasteiger partial charge >= 0.3 is 0 Å². The van der Waals surface area contributed by atoms with Gasteiger partial charge in [-0.15, -0.1) is 0 Å². The first-order valence-electron chi connectivity index (χ1n) is 10.1. The molecule has 2 aromatic carbocycles. The van der Waals surface area contributed by atoms with Crippen LogP contribution < -0.4 is 9.64 Å². The summed E-state index contributed by atoms with van der Waals surface area (Å²) in [5.74, 6) is -1.45. The molecule has 0 N–H and O–H groups in total. The van der Waals surface area contributed by atoms with Crippen molar-refractivity contribution in [2.24, 2.45) is 0 Å². The number of carbonyl (C=O) groups excluding carboxylic acids is 1. The van der Waals surface area contributed by atoms with Gasteiger partial charge < -0.3 is 9.47 Å². The van der Waals surface area contributed by atoms with E-state index in [9.17, 15) is 13.6 Å². The van der Waals surface area contributed by atoms with E-state index in [4.69, 9.17) is 9.47 Å². The zero-order valence-corrected chi connectivity index (χ0v) is 18.0. The van der Waals surface area contributed by atoms with E-state index in [1.54, 1.807) is 13.2 Å². The minimum absolute atomic E-state index is 0.176. The summed E-state index contributed by atoms with van der Waals surface area (Å²) in [6.45, 7) is 4.25. The molecule has 31 heavy (non-hydrogen) atoms. The quantitative estimate of drug-likeness (QED) is 0.549. The number of nitrogens with zero attached hydrogens (tertiary/aromatic N) is 3. The van der Waals surface area contributed by atoms with Crippen molar-refractivity contribution in [2.45, 2.75) is 6.42 Å². The number of halogens is 2. The number of morpholine rings is 1. The second-order valence-electron chi connectivity index (χ2n) is 7.22. The molecule has 0 atom stereocenters. The number of hydrogen-bond acceptors (Lipinski definition) is 6. The number of ether oxygens (including phenoxy) is 2. The van der Waals surface area contributed by atoms with Gasteiger partial charge in [0.2, 0.25) is 0 Å². The Morgan fingerprint density at radius 1 is 1.23 bits per heavy atom. The van der Waals surface area contributed by atoms with Crippen LogP contribution in [-0.4, -0.2) is 62.3 Å². The molecule has 1 saturated heterocycles. The molecule has 0 aliphatic carbocycles. The monoisotopic (exact) mass is 447 g/mol. The van der Waals surface area contributed by atoms with Gasteiger partial charge in [-0.3, -0.25) is 14.6 Å². The highest BCUT2D eigenvalue weighted by Crippen LogP contribution is 2.32. The minimum atomic E-state index is -0.883. The highest BCUT2D eigenvalue weighted by molar-refractivity contribution is 7.22. The molecule has 3 aromatic rings. The Hall–Kier alpha value is -2.62. The van der Waals surface area contributed by atoms with Gasteiger partial charge in [0.15, 0.2) is 5.13 Å². The van der Waals surface area contributed by atoms with Crippen molar-refractivity contribution in [1.29, 1.82) is 0 Å². The number of aromatic nitrogens is 1. The molecule has 0 unspecified atom stereocenters. The number of rotatable bonds is 7. The molecule has 0 spiro atoms. The van der Waals surface area contributed by atoms with Crippen LogP contribution in [0.2, 0.25) is 0 Å². The minimum Gasteiger partial charge on any atom is -0.497 e. The third-order valence-electron chi connectivity index (χ3n) is 5.18. The molecule has 1 aliphatic rings. The van der Waals surface area contributed by atoms with Gasteiger partial charge in [0.05, 0.1) is 36.1 Å². The Morgan fingerprint density at radius 3 is 2.77 bits per heavy atom. The number of carbonyl (C=O) groups is 1. The third kappa shape index (κ3) is 5.00. The summed E-state index contributed by atoms with van der Waals surface area (Å²) >= 11 is 1.34. The number of thiazole rings is 1. The lowest BCUT2D eigenvalue weighted by atomic mass is 10.1. The van der Waals surface area contributed by atoms with E-state index in [-0.39, 0.29) is 5.56 Å². The predicted molar refractivity (Wildman–Crippen MR) is 116 cm³/mol. The summed E-state index contributed by atoms with van der Waals surface area (Å²) < 4.78 is 39.2. The second kappa shape index (κ2) is 9.67. The average molecular weight is 448 g/mol. The second-order valence-corrected chi connectivity index (χ2v) is 8.23. The summed E-state index contributed by atoms with van der Waals surface area (Å²) in [7, 11) is 1.59. The van der Waals surface area contributed by atoms with Crippen LogP contribution in [0, 0.1) is 11.6 Å². The van der Waals surface area contributed by atoms with E-state index in [0.717, 1.165) is 42.0 Å². The Kier molecular flexibility index (Phi) is 6.74. The number of fused-ring (bicyclic) bond motifs is 1. The first kappa shape index (κ1) is 21.6. The van der Waals surface area contributed by atoms with Crippen LogP contribution >= 0.6 is 11.3 Å². The Bertz CT molecular complexity index is 1070. The van der Waals surface area contributed by atoms with Crippen molar-refractivity contribution < 1.29 is 23.0 Å². The third-order valence-corrected chi connectivity index (χ3v) is 6.22. The summed E-state index contributed by atoms with van der Waals surface area (Å²) in [4.78, 5) is 21.6. The predicted octanol–water partition coefficient (Wildman–Crippen LogP) is 3.95. The van der Waals surface area contributed by atoms with Crippen molar-refractivity contribution >= 4 is 32.6 Å². The van der Waals surface area contributed by atoms with E-state index in [1.807, 2.05) is 12.1 Å². The molecule has 1 aliphatic heterocycles. The van der Waals surface area contributed by atoms with Gasteiger partial charge in [-0.1, -0.05) is 11.3 Å². The van der Waals surface area contributed by atoms with E-state index in [0.29, 0.717) is 37.1 Å². The average Bonchev–Trinajstić information content (AvgIpc) is 3.20. The zero-order valence-electron chi connectivity index (χ0n) is 17.1. The lowest BCUT2D eigenvalue weighted by Gasteiger charge is -2.27. The number of anilines is 1. The Labute approximate surface area is 183 Å². The topological polar surface area (TPSA) is 54.9 Å². The van der Waals surface area contributed by atoms with E-state index in [2.05, 4.69) is 9.88 Å². The van der Waals surface area contributed by atoms with Gasteiger partial charge in [-0.25, -0.2) is 13.8 Å². The number of amides is 1. The molecular weight excluding hydrogens is 424 g/mol. The highest BCUT2D eigenvalue weighted by atomic mass is 32.1. The lowest BCUT2D eigenvalue weighted by Crippen LogP contribution is -2.39. The molecule has 4 rings (SSSR count). The highest BCUT2D eigenvalue weighted by Gasteiger charge is 2.24. The van der Waals surface area contributed by atoms with E-state index in [1.165, 1.54) is 22.3 Å². The van der Waals surface area contributed by atoms with Crippen LogP contribution in [0.25, 0.3) is 10.2 Å². The van der Waals surface area contributed by atoms with Crippen molar-refractivity contribution in [3.8, 4) is 5.75 Å². The molecule has 0 bridgehead atoms. The Balaban J connectivity index is 1.60. The van der Waals surface area contributed by atoms with Crippen molar-refractivity contribution in [2.75, 3.05) is 51.4 Å². The number of benzene rings is 2. The molecule has 164 valence electrons. The van der Waals surface area contributed by atoms with E-state index >= 15 is 0 Å². The number of methoxy groups -OCH3 is 1. The van der Waals surface area contributed by atoms with Gasteiger partial charge in [0.1, 0.15) is 17.4 Å². The smallest absolute Gasteiger partial charge is 0.263 e. The maximum atomic E-state index is 14.3. The summed E-state index contributed by atoms with van der Waals surface area (Å²) in [5.41, 5.74) is 0.552. The van der Waals surface area contributed by atoms with Gasteiger partial charge in [0.25, 0.3) is 5.91 Å². The molecule has 1 aromatic heterocycles. The van der Waals surface area contributed by atoms with Crippen LogP contribution in [0.3, 0.4) is 0 Å². The summed E-state index contributed by atoms with van der Waals surface area (Å²) in [6.07, 6.45) is 0.688. The molecule has 9 heteroatoms. The molecular formula is C22H23F2N3O3S. The van der Waals surface area contributed by atoms with Crippen molar-refractivity contribution in [3.63, 3.8) is 0 Å². The maximum absolute atomic E-state index is 14.3. The number of hydrogen-bond donors (Lipinski definition) is 0. The van der Waals surface area contributed by atoms with Gasteiger partial charge in [0, 0.05) is 32.2 Å². The van der Waals surface area contributed by atoms with Crippen LogP contribution in [0.4, 0.5) is 13.9 Å². The standard InChI is InChI=1S/C22H23F2N3O3S/c1-29-16-4-6-19-20(14-16)31-22(25-19)27(8-2-7-26-9-11-30-12-10-26)21(28)17-5-3-15(23)13-18(17)24/h3-6,13-14H,2,7-12H2,1H3. The zero-order chi connectivity index (χ0) is 21.8. The summed E-state index contributed by atoms with van der Waals surface area (Å²) in [5, 5.41) is 0.471. The largest absolute Gasteiger partial charge is 0.497 e. The fraction of sp³-hybridized carbons (Fsp3) is 0.364. The maximum Gasteiger partial charge on any atom is 0.263 e. The first-order chi connectivity index (χ1) is 15.0. The van der Waals surface area contributed by atoms with Crippen LogP contribution in [-0.2, 0) is 4.74 Å². The molecule has 0 radical (unpaired) electrons. The van der Waals surface area contributed by atoms with Crippen molar-refractivity contribution in [1.82, 2.24) is 9.88 Å². The lowest BCUT2D eigenvalue weighted by molar-refractivity contribution is 0.0376. The Morgan fingerprint density at radius 2 is 2.03 bits per heavy atom. The van der Waals surface area contributed by atoms with Crippen LogP contribution in [0.15, 0.2) is 36.4 Å². The van der Waals surface area contributed by atoms with Crippen LogP contribution in [0.5, 0.6) is 5.75 Å². The van der Waals surface area contributed by atoms with E-state index < -0.39 is 17.5 Å². The molecule has 2 heterocycles. The fourth-order valence-corrected chi connectivity index (χ4v) is 4.52. The van der Waals surface area contributed by atoms with Crippen LogP contribution in [0.1, 0.15) is 16.8 Å². The molecule has 1 fully saturated rings.